The Balaban J connectivity index is 2.21. The second kappa shape index (κ2) is 5.79. The van der Waals surface area contributed by atoms with Crippen LogP contribution in [0.4, 0.5) is 5.69 Å². The molecule has 0 aliphatic heterocycles. The SMILES string of the molecule is Cc1cc(C)c(C(C)Nc2ccc(C#N)cc2)cc1C. The lowest BCUT2D eigenvalue weighted by molar-refractivity contribution is 0.870. The molecule has 0 spiro atoms. The van der Waals surface area contributed by atoms with Crippen molar-refractivity contribution in [2.45, 2.75) is 33.7 Å². The van der Waals surface area contributed by atoms with Gasteiger partial charge in [0.25, 0.3) is 0 Å². The van der Waals surface area contributed by atoms with Gasteiger partial charge in [0.05, 0.1) is 11.6 Å². The van der Waals surface area contributed by atoms with Crippen molar-refractivity contribution in [3.05, 3.63) is 64.2 Å². The molecule has 0 aliphatic carbocycles. The van der Waals surface area contributed by atoms with E-state index in [-0.39, 0.29) is 6.04 Å². The second-order valence-electron chi connectivity index (χ2n) is 5.35. The lowest BCUT2D eigenvalue weighted by atomic mass is 9.96. The van der Waals surface area contributed by atoms with Gasteiger partial charge in [0.2, 0.25) is 0 Å². The largest absolute Gasteiger partial charge is 0.379 e. The van der Waals surface area contributed by atoms with E-state index >= 15 is 0 Å². The molecule has 0 saturated heterocycles. The summed E-state index contributed by atoms with van der Waals surface area (Å²) in [5.41, 5.74) is 7.00. The zero-order valence-electron chi connectivity index (χ0n) is 12.5. The first-order chi connectivity index (χ1) is 9.51. The number of nitriles is 1. The molecule has 0 amide bonds. The molecule has 1 N–H and O–H groups in total. The Morgan fingerprint density at radius 3 is 2.15 bits per heavy atom. The third-order valence-electron chi connectivity index (χ3n) is 3.75. The van der Waals surface area contributed by atoms with E-state index < -0.39 is 0 Å². The van der Waals surface area contributed by atoms with E-state index in [1.165, 1.54) is 22.3 Å². The van der Waals surface area contributed by atoms with Gasteiger partial charge in [0.1, 0.15) is 0 Å². The van der Waals surface area contributed by atoms with E-state index in [2.05, 4.69) is 51.2 Å². The van der Waals surface area contributed by atoms with Crippen LogP contribution in [0.15, 0.2) is 36.4 Å². The van der Waals surface area contributed by atoms with Crippen LogP contribution < -0.4 is 5.32 Å². The Hall–Kier alpha value is -2.27. The van der Waals surface area contributed by atoms with Gasteiger partial charge in [-0.2, -0.15) is 5.26 Å². The highest BCUT2D eigenvalue weighted by Gasteiger charge is 2.10. The fourth-order valence-electron chi connectivity index (χ4n) is 2.42. The molecule has 1 atom stereocenters. The molecule has 0 heterocycles. The number of hydrogen-bond donors (Lipinski definition) is 1. The first-order valence-electron chi connectivity index (χ1n) is 6.85. The van der Waals surface area contributed by atoms with Gasteiger partial charge in [0.15, 0.2) is 0 Å². The molecule has 0 aliphatic rings. The van der Waals surface area contributed by atoms with Crippen LogP contribution in [0.1, 0.15) is 40.8 Å². The van der Waals surface area contributed by atoms with Crippen LogP contribution in [0.2, 0.25) is 0 Å². The zero-order chi connectivity index (χ0) is 14.7. The molecule has 2 aromatic rings. The van der Waals surface area contributed by atoms with Crippen molar-refractivity contribution in [3.63, 3.8) is 0 Å². The summed E-state index contributed by atoms with van der Waals surface area (Å²) in [7, 11) is 0. The number of hydrogen-bond acceptors (Lipinski definition) is 2. The smallest absolute Gasteiger partial charge is 0.0991 e. The Labute approximate surface area is 121 Å². The summed E-state index contributed by atoms with van der Waals surface area (Å²) in [5.74, 6) is 0. The Morgan fingerprint density at radius 2 is 1.55 bits per heavy atom. The van der Waals surface area contributed by atoms with Crippen molar-refractivity contribution >= 4 is 5.69 Å². The lowest BCUT2D eigenvalue weighted by Crippen LogP contribution is -2.09. The minimum Gasteiger partial charge on any atom is -0.379 e. The Kier molecular flexibility index (Phi) is 4.10. The van der Waals surface area contributed by atoms with E-state index in [4.69, 9.17) is 5.26 Å². The number of aryl methyl sites for hydroxylation is 3. The molecular weight excluding hydrogens is 244 g/mol. The third-order valence-corrected chi connectivity index (χ3v) is 3.75. The van der Waals surface area contributed by atoms with Crippen molar-refractivity contribution in [1.29, 1.82) is 5.26 Å². The fourth-order valence-corrected chi connectivity index (χ4v) is 2.42. The maximum atomic E-state index is 8.81. The lowest BCUT2D eigenvalue weighted by Gasteiger charge is -2.19. The molecule has 102 valence electrons. The number of nitrogens with one attached hydrogen (secondary N) is 1. The van der Waals surface area contributed by atoms with Crippen molar-refractivity contribution in [1.82, 2.24) is 0 Å². The summed E-state index contributed by atoms with van der Waals surface area (Å²) in [6.45, 7) is 8.60. The maximum Gasteiger partial charge on any atom is 0.0991 e. The first kappa shape index (κ1) is 14.1. The van der Waals surface area contributed by atoms with Crippen LogP contribution in [-0.4, -0.2) is 0 Å². The summed E-state index contributed by atoms with van der Waals surface area (Å²) >= 11 is 0. The summed E-state index contributed by atoms with van der Waals surface area (Å²) in [6.07, 6.45) is 0. The van der Waals surface area contributed by atoms with E-state index in [1.807, 2.05) is 24.3 Å². The van der Waals surface area contributed by atoms with Gasteiger partial charge < -0.3 is 5.32 Å². The molecule has 1 unspecified atom stereocenters. The Morgan fingerprint density at radius 1 is 0.950 bits per heavy atom. The molecule has 20 heavy (non-hydrogen) atoms. The Bertz CT molecular complexity index is 648. The van der Waals surface area contributed by atoms with Gasteiger partial charge in [-0.1, -0.05) is 12.1 Å². The van der Waals surface area contributed by atoms with E-state index in [1.54, 1.807) is 0 Å². The fraction of sp³-hybridized carbons (Fsp3) is 0.278. The summed E-state index contributed by atoms with van der Waals surface area (Å²) < 4.78 is 0. The average Bonchev–Trinajstić information content (AvgIpc) is 2.43. The molecule has 0 fully saturated rings. The van der Waals surface area contributed by atoms with Crippen LogP contribution in [0.3, 0.4) is 0 Å². The van der Waals surface area contributed by atoms with Gasteiger partial charge in [0, 0.05) is 11.7 Å². The standard InChI is InChI=1S/C18H20N2/c1-12-9-14(3)18(10-13(12)2)15(4)20-17-7-5-16(11-19)6-8-17/h5-10,15,20H,1-4H3. The molecule has 0 aromatic heterocycles. The van der Waals surface area contributed by atoms with Crippen LogP contribution in [0.25, 0.3) is 0 Å². The average molecular weight is 264 g/mol. The molecule has 2 rings (SSSR count). The quantitative estimate of drug-likeness (QED) is 0.875. The maximum absolute atomic E-state index is 8.81. The third kappa shape index (κ3) is 3.00. The molecule has 2 aromatic carbocycles. The zero-order valence-corrected chi connectivity index (χ0v) is 12.5. The van der Waals surface area contributed by atoms with E-state index in [0.29, 0.717) is 5.56 Å². The highest BCUT2D eigenvalue weighted by molar-refractivity contribution is 5.50. The molecule has 0 radical (unpaired) electrons. The summed E-state index contributed by atoms with van der Waals surface area (Å²) in [5, 5.41) is 12.3. The van der Waals surface area contributed by atoms with Crippen LogP contribution in [0, 0.1) is 32.1 Å². The molecule has 2 nitrogen and oxygen atoms in total. The van der Waals surface area contributed by atoms with Crippen molar-refractivity contribution in [2.24, 2.45) is 0 Å². The van der Waals surface area contributed by atoms with E-state index in [9.17, 15) is 0 Å². The molecule has 0 saturated carbocycles. The highest BCUT2D eigenvalue weighted by atomic mass is 14.9. The highest BCUT2D eigenvalue weighted by Crippen LogP contribution is 2.25. The summed E-state index contributed by atoms with van der Waals surface area (Å²) in [4.78, 5) is 0. The number of benzene rings is 2. The first-order valence-corrected chi connectivity index (χ1v) is 6.85. The van der Waals surface area contributed by atoms with Gasteiger partial charge in [-0.15, -0.1) is 0 Å². The monoisotopic (exact) mass is 264 g/mol. The molecule has 0 bridgehead atoms. The minimum atomic E-state index is 0.238. The van der Waals surface area contributed by atoms with Crippen molar-refractivity contribution in [2.75, 3.05) is 5.32 Å². The molecule has 2 heteroatoms. The number of anilines is 1. The predicted octanol–water partition coefficient (Wildman–Crippen LogP) is 4.66. The number of nitrogens with zero attached hydrogens (tertiary/aromatic N) is 1. The normalized spacial score (nSPS) is 11.8. The topological polar surface area (TPSA) is 35.8 Å². The van der Waals surface area contributed by atoms with Crippen LogP contribution >= 0.6 is 0 Å². The van der Waals surface area contributed by atoms with Crippen LogP contribution in [-0.2, 0) is 0 Å². The van der Waals surface area contributed by atoms with Crippen LogP contribution in [0.5, 0.6) is 0 Å². The summed E-state index contributed by atoms with van der Waals surface area (Å²) in [6, 6.07) is 14.4. The predicted molar refractivity (Wildman–Crippen MR) is 83.8 cm³/mol. The van der Waals surface area contributed by atoms with Gasteiger partial charge in [-0.3, -0.25) is 0 Å². The van der Waals surface area contributed by atoms with Gasteiger partial charge in [-0.05, 0) is 74.2 Å². The number of rotatable bonds is 3. The van der Waals surface area contributed by atoms with Gasteiger partial charge >= 0.3 is 0 Å². The van der Waals surface area contributed by atoms with Gasteiger partial charge in [-0.25, -0.2) is 0 Å². The molecular formula is C18H20N2. The van der Waals surface area contributed by atoms with Crippen molar-refractivity contribution < 1.29 is 0 Å². The van der Waals surface area contributed by atoms with E-state index in [0.717, 1.165) is 5.69 Å². The van der Waals surface area contributed by atoms with Crippen molar-refractivity contribution in [3.8, 4) is 6.07 Å². The second-order valence-corrected chi connectivity index (χ2v) is 5.35. The minimum absolute atomic E-state index is 0.238.